The first-order valence-electron chi connectivity index (χ1n) is 6.78. The van der Waals surface area contributed by atoms with Crippen LogP contribution in [0.25, 0.3) is 0 Å². The number of carbonyl (C=O) groups is 1. The summed E-state index contributed by atoms with van der Waals surface area (Å²) in [5, 5.41) is 12.0. The van der Waals surface area contributed by atoms with Crippen LogP contribution in [-0.2, 0) is 11.3 Å². The lowest BCUT2D eigenvalue weighted by atomic mass is 10.1. The molecule has 2 rings (SSSR count). The third kappa shape index (κ3) is 4.24. The number of rotatable bonds is 5. The summed E-state index contributed by atoms with van der Waals surface area (Å²) in [4.78, 5) is 12.0. The number of amides is 1. The molecule has 0 aromatic heterocycles. The molecule has 0 heterocycles. The molecule has 2 aromatic carbocycles. The number of hydrogen-bond acceptors (Lipinski definition) is 3. The summed E-state index contributed by atoms with van der Waals surface area (Å²) in [6.45, 7) is 2.04. The highest BCUT2D eigenvalue weighted by Gasteiger charge is 2.15. The number of para-hydroxylation sites is 1. The molecule has 1 N–H and O–H groups in total. The van der Waals surface area contributed by atoms with Crippen LogP contribution >= 0.6 is 11.6 Å². The zero-order valence-electron chi connectivity index (χ0n) is 12.0. The van der Waals surface area contributed by atoms with Crippen LogP contribution in [0.3, 0.4) is 0 Å². The molecule has 0 radical (unpaired) electrons. The van der Waals surface area contributed by atoms with Gasteiger partial charge in [0.15, 0.2) is 6.10 Å². The van der Waals surface area contributed by atoms with Gasteiger partial charge in [0.05, 0.1) is 16.7 Å². The number of carbonyl (C=O) groups excluding carboxylic acids is 1. The molecule has 112 valence electrons. The molecule has 0 fully saturated rings. The molecule has 1 unspecified atom stereocenters. The maximum Gasteiger partial charge on any atom is 0.261 e. The molecule has 22 heavy (non-hydrogen) atoms. The number of nitrogens with zero attached hydrogens (tertiary/aromatic N) is 1. The Bertz CT molecular complexity index is 693. The molecule has 2 aromatic rings. The normalized spacial score (nSPS) is 11.3. The van der Waals surface area contributed by atoms with Crippen molar-refractivity contribution in [1.29, 1.82) is 5.26 Å². The van der Waals surface area contributed by atoms with E-state index < -0.39 is 6.10 Å². The van der Waals surface area contributed by atoms with Crippen molar-refractivity contribution in [2.45, 2.75) is 19.6 Å². The van der Waals surface area contributed by atoms with Gasteiger partial charge in [-0.15, -0.1) is 0 Å². The smallest absolute Gasteiger partial charge is 0.261 e. The van der Waals surface area contributed by atoms with E-state index in [1.807, 2.05) is 0 Å². The van der Waals surface area contributed by atoms with E-state index in [0.29, 0.717) is 22.9 Å². The predicted molar refractivity (Wildman–Crippen MR) is 84.5 cm³/mol. The van der Waals surface area contributed by atoms with Crippen LogP contribution in [0.15, 0.2) is 48.5 Å². The third-order valence-corrected chi connectivity index (χ3v) is 3.37. The molecule has 1 amide bonds. The average Bonchev–Trinajstić information content (AvgIpc) is 2.55. The van der Waals surface area contributed by atoms with Crippen molar-refractivity contribution in [3.05, 3.63) is 64.7 Å². The molecular formula is C17H15ClN2O2. The summed E-state index contributed by atoms with van der Waals surface area (Å²) in [6.07, 6.45) is -0.654. The molecule has 5 heteroatoms. The molecule has 4 nitrogen and oxygen atoms in total. The molecule has 0 aliphatic carbocycles. The number of ether oxygens (including phenoxy) is 1. The molecule has 0 aliphatic rings. The van der Waals surface area contributed by atoms with Crippen molar-refractivity contribution >= 4 is 17.5 Å². The Morgan fingerprint density at radius 2 is 1.95 bits per heavy atom. The van der Waals surface area contributed by atoms with E-state index in [-0.39, 0.29) is 5.91 Å². The Hall–Kier alpha value is -2.51. The molecule has 0 aliphatic heterocycles. The minimum atomic E-state index is -0.654. The maximum atomic E-state index is 12.0. The van der Waals surface area contributed by atoms with Crippen LogP contribution in [0, 0.1) is 11.3 Å². The predicted octanol–water partition coefficient (Wildman–Crippen LogP) is 3.30. The van der Waals surface area contributed by atoms with E-state index in [2.05, 4.69) is 11.4 Å². The van der Waals surface area contributed by atoms with Crippen LogP contribution in [0.5, 0.6) is 5.75 Å². The summed E-state index contributed by atoms with van der Waals surface area (Å²) in [7, 11) is 0. The van der Waals surface area contributed by atoms with Gasteiger partial charge >= 0.3 is 0 Å². The van der Waals surface area contributed by atoms with Crippen LogP contribution in [0.4, 0.5) is 0 Å². The summed E-state index contributed by atoms with van der Waals surface area (Å²) >= 11 is 5.99. The van der Waals surface area contributed by atoms with Gasteiger partial charge in [0.2, 0.25) is 0 Å². The van der Waals surface area contributed by atoms with Crippen molar-refractivity contribution in [3.8, 4) is 11.8 Å². The van der Waals surface area contributed by atoms with Crippen molar-refractivity contribution in [3.63, 3.8) is 0 Å². The first-order valence-corrected chi connectivity index (χ1v) is 7.16. The molecule has 1 atom stereocenters. The lowest BCUT2D eigenvalue weighted by molar-refractivity contribution is -0.127. The van der Waals surface area contributed by atoms with Crippen molar-refractivity contribution in [1.82, 2.24) is 5.32 Å². The second-order valence-electron chi connectivity index (χ2n) is 4.72. The van der Waals surface area contributed by atoms with E-state index in [1.54, 1.807) is 55.5 Å². The number of nitriles is 1. The van der Waals surface area contributed by atoms with Gasteiger partial charge < -0.3 is 10.1 Å². The number of hydrogen-bond donors (Lipinski definition) is 1. The Morgan fingerprint density at radius 3 is 2.59 bits per heavy atom. The molecule has 0 saturated heterocycles. The first-order chi connectivity index (χ1) is 10.6. The minimum Gasteiger partial charge on any atom is -0.479 e. The summed E-state index contributed by atoms with van der Waals surface area (Å²) in [5.74, 6) is 0.245. The molecule has 0 spiro atoms. The lowest BCUT2D eigenvalue weighted by Crippen LogP contribution is -2.35. The monoisotopic (exact) mass is 314 g/mol. The Kier molecular flexibility index (Phi) is 5.40. The Labute approximate surface area is 134 Å². The topological polar surface area (TPSA) is 62.1 Å². The second kappa shape index (κ2) is 7.48. The number of halogens is 1. The Morgan fingerprint density at radius 1 is 1.27 bits per heavy atom. The van der Waals surface area contributed by atoms with Crippen LogP contribution in [0.1, 0.15) is 18.1 Å². The van der Waals surface area contributed by atoms with Gasteiger partial charge in [-0.05, 0) is 36.8 Å². The molecular weight excluding hydrogens is 300 g/mol. The highest BCUT2D eigenvalue weighted by molar-refractivity contribution is 6.32. The van der Waals surface area contributed by atoms with Crippen LogP contribution in [0.2, 0.25) is 5.02 Å². The highest BCUT2D eigenvalue weighted by Crippen LogP contribution is 2.24. The first kappa shape index (κ1) is 15.9. The zero-order chi connectivity index (χ0) is 15.9. The number of nitrogens with one attached hydrogen (secondary N) is 1. The van der Waals surface area contributed by atoms with Gasteiger partial charge in [0.25, 0.3) is 5.91 Å². The van der Waals surface area contributed by atoms with Gasteiger partial charge in [0.1, 0.15) is 5.75 Å². The van der Waals surface area contributed by atoms with Crippen molar-refractivity contribution in [2.75, 3.05) is 0 Å². The summed E-state index contributed by atoms with van der Waals surface area (Å²) < 4.78 is 5.54. The zero-order valence-corrected chi connectivity index (χ0v) is 12.8. The molecule has 0 bridgehead atoms. The lowest BCUT2D eigenvalue weighted by Gasteiger charge is -2.15. The van der Waals surface area contributed by atoms with Gasteiger partial charge in [-0.25, -0.2) is 0 Å². The van der Waals surface area contributed by atoms with E-state index in [4.69, 9.17) is 21.6 Å². The van der Waals surface area contributed by atoms with Gasteiger partial charge in [-0.3, -0.25) is 4.79 Å². The van der Waals surface area contributed by atoms with Crippen LogP contribution in [-0.4, -0.2) is 12.0 Å². The van der Waals surface area contributed by atoms with E-state index in [9.17, 15) is 4.79 Å². The van der Waals surface area contributed by atoms with E-state index >= 15 is 0 Å². The van der Waals surface area contributed by atoms with Crippen molar-refractivity contribution < 1.29 is 9.53 Å². The second-order valence-corrected chi connectivity index (χ2v) is 5.12. The van der Waals surface area contributed by atoms with E-state index in [1.165, 1.54) is 0 Å². The standard InChI is InChI=1S/C17H15ClN2O2/c1-12(22-16-5-3-2-4-15(16)18)17(21)20-11-14-8-6-13(10-19)7-9-14/h2-9,12H,11H2,1H3,(H,20,21). The van der Waals surface area contributed by atoms with Crippen LogP contribution < -0.4 is 10.1 Å². The fraction of sp³-hybridized carbons (Fsp3) is 0.176. The van der Waals surface area contributed by atoms with E-state index in [0.717, 1.165) is 5.56 Å². The fourth-order valence-corrected chi connectivity index (χ4v) is 1.99. The summed E-state index contributed by atoms with van der Waals surface area (Å²) in [6, 6.07) is 16.1. The largest absolute Gasteiger partial charge is 0.479 e. The third-order valence-electron chi connectivity index (χ3n) is 3.06. The Balaban J connectivity index is 1.88. The molecule has 0 saturated carbocycles. The SMILES string of the molecule is CC(Oc1ccccc1Cl)C(=O)NCc1ccc(C#N)cc1. The number of benzene rings is 2. The van der Waals surface area contributed by atoms with Gasteiger partial charge in [-0.1, -0.05) is 35.9 Å². The van der Waals surface area contributed by atoms with Crippen molar-refractivity contribution in [2.24, 2.45) is 0 Å². The van der Waals surface area contributed by atoms with Gasteiger partial charge in [0, 0.05) is 6.54 Å². The quantitative estimate of drug-likeness (QED) is 0.921. The average molecular weight is 315 g/mol. The fourth-order valence-electron chi connectivity index (χ4n) is 1.81. The minimum absolute atomic E-state index is 0.232. The summed E-state index contributed by atoms with van der Waals surface area (Å²) in [5.41, 5.74) is 1.50. The van der Waals surface area contributed by atoms with Gasteiger partial charge in [-0.2, -0.15) is 5.26 Å². The highest BCUT2D eigenvalue weighted by atomic mass is 35.5. The maximum absolute atomic E-state index is 12.0.